The van der Waals surface area contributed by atoms with Gasteiger partial charge in [-0.15, -0.1) is 5.10 Å². The number of aromatic nitrogens is 2. The largest absolute Gasteiger partial charge is 0.381 e. The molecule has 0 spiro atoms. The van der Waals surface area contributed by atoms with Gasteiger partial charge in [-0.1, -0.05) is 0 Å². The van der Waals surface area contributed by atoms with Gasteiger partial charge in [0.25, 0.3) is 0 Å². The van der Waals surface area contributed by atoms with E-state index in [-0.39, 0.29) is 0 Å². The lowest BCUT2D eigenvalue weighted by atomic mass is 10.0. The minimum atomic E-state index is 0.467. The quantitative estimate of drug-likeness (QED) is 0.897. The number of thioether (sulfide) groups is 1. The smallest absolute Gasteiger partial charge is 0.160 e. The standard InChI is InChI=1S/C9H12BrN3S/c10-8-4-7(12-13-9(8)11)3-6-1-2-14-5-6/h4,6H,1-3,5H2,(H2,11,13). The van der Waals surface area contributed by atoms with Crippen LogP contribution in [0, 0.1) is 5.92 Å². The molecule has 5 heteroatoms. The Balaban J connectivity index is 2.05. The molecule has 1 aromatic heterocycles. The number of rotatable bonds is 2. The van der Waals surface area contributed by atoms with Crippen molar-refractivity contribution in [3.63, 3.8) is 0 Å². The lowest BCUT2D eigenvalue weighted by molar-refractivity contribution is 0.582. The van der Waals surface area contributed by atoms with Gasteiger partial charge in [0.05, 0.1) is 10.2 Å². The second kappa shape index (κ2) is 4.49. The van der Waals surface area contributed by atoms with E-state index in [0.29, 0.717) is 5.82 Å². The maximum Gasteiger partial charge on any atom is 0.160 e. The van der Waals surface area contributed by atoms with E-state index in [1.807, 2.05) is 17.8 Å². The highest BCUT2D eigenvalue weighted by molar-refractivity contribution is 9.10. The second-order valence-electron chi connectivity index (χ2n) is 3.50. The molecule has 1 aliphatic heterocycles. The zero-order valence-electron chi connectivity index (χ0n) is 7.74. The Morgan fingerprint density at radius 3 is 3.07 bits per heavy atom. The summed E-state index contributed by atoms with van der Waals surface area (Å²) in [6.07, 6.45) is 2.33. The maximum absolute atomic E-state index is 5.57. The van der Waals surface area contributed by atoms with Crippen LogP contribution in [-0.4, -0.2) is 21.7 Å². The van der Waals surface area contributed by atoms with E-state index in [0.717, 1.165) is 22.5 Å². The first kappa shape index (κ1) is 10.2. The number of nitrogens with zero attached hydrogens (tertiary/aromatic N) is 2. The van der Waals surface area contributed by atoms with Crippen LogP contribution in [-0.2, 0) is 6.42 Å². The molecule has 0 bridgehead atoms. The number of anilines is 1. The minimum absolute atomic E-state index is 0.467. The van der Waals surface area contributed by atoms with Crippen LogP contribution in [0.1, 0.15) is 12.1 Å². The normalized spacial score (nSPS) is 21.4. The van der Waals surface area contributed by atoms with Crippen molar-refractivity contribution in [1.29, 1.82) is 0 Å². The summed E-state index contributed by atoms with van der Waals surface area (Å²) in [5.74, 6) is 3.78. The summed E-state index contributed by atoms with van der Waals surface area (Å²) in [6, 6.07) is 1.98. The van der Waals surface area contributed by atoms with Crippen LogP contribution in [0.4, 0.5) is 5.82 Å². The SMILES string of the molecule is Nc1nnc(CC2CCSC2)cc1Br. The summed E-state index contributed by atoms with van der Waals surface area (Å²) in [6.45, 7) is 0. The Kier molecular flexibility index (Phi) is 3.28. The van der Waals surface area contributed by atoms with E-state index < -0.39 is 0 Å². The average molecular weight is 274 g/mol. The van der Waals surface area contributed by atoms with Gasteiger partial charge in [-0.25, -0.2) is 0 Å². The maximum atomic E-state index is 5.57. The van der Waals surface area contributed by atoms with Crippen LogP contribution in [0.25, 0.3) is 0 Å². The summed E-state index contributed by atoms with van der Waals surface area (Å²) in [4.78, 5) is 0. The monoisotopic (exact) mass is 273 g/mol. The molecule has 1 atom stereocenters. The fourth-order valence-corrected chi connectivity index (χ4v) is 3.18. The molecule has 1 aliphatic rings. The number of hydrogen-bond acceptors (Lipinski definition) is 4. The number of hydrogen-bond donors (Lipinski definition) is 1. The first-order valence-electron chi connectivity index (χ1n) is 4.61. The molecule has 3 nitrogen and oxygen atoms in total. The van der Waals surface area contributed by atoms with Crippen LogP contribution >= 0.6 is 27.7 Å². The fraction of sp³-hybridized carbons (Fsp3) is 0.556. The van der Waals surface area contributed by atoms with Crippen LogP contribution < -0.4 is 5.73 Å². The van der Waals surface area contributed by atoms with Gasteiger partial charge in [-0.05, 0) is 52.3 Å². The van der Waals surface area contributed by atoms with Crippen molar-refractivity contribution in [2.75, 3.05) is 17.2 Å². The molecule has 0 radical (unpaired) electrons. The highest BCUT2D eigenvalue weighted by Crippen LogP contribution is 2.27. The molecule has 0 aliphatic carbocycles. The lowest BCUT2D eigenvalue weighted by Gasteiger charge is -2.07. The van der Waals surface area contributed by atoms with Gasteiger partial charge in [0.1, 0.15) is 0 Å². The van der Waals surface area contributed by atoms with Crippen molar-refractivity contribution >= 4 is 33.5 Å². The van der Waals surface area contributed by atoms with Crippen molar-refractivity contribution in [1.82, 2.24) is 10.2 Å². The van der Waals surface area contributed by atoms with Crippen molar-refractivity contribution in [3.05, 3.63) is 16.2 Å². The Bertz CT molecular complexity index is 326. The summed E-state index contributed by atoms with van der Waals surface area (Å²) >= 11 is 5.39. The van der Waals surface area contributed by atoms with Gasteiger partial charge in [0.15, 0.2) is 5.82 Å². The zero-order valence-corrected chi connectivity index (χ0v) is 10.1. The van der Waals surface area contributed by atoms with E-state index >= 15 is 0 Å². The summed E-state index contributed by atoms with van der Waals surface area (Å²) in [5, 5.41) is 7.98. The van der Waals surface area contributed by atoms with Gasteiger partial charge >= 0.3 is 0 Å². The predicted molar refractivity (Wildman–Crippen MR) is 63.3 cm³/mol. The number of nitrogen functional groups attached to an aromatic ring is 1. The van der Waals surface area contributed by atoms with Crippen LogP contribution in [0.2, 0.25) is 0 Å². The molecule has 76 valence electrons. The molecular formula is C9H12BrN3S. The van der Waals surface area contributed by atoms with E-state index in [2.05, 4.69) is 26.1 Å². The average Bonchev–Trinajstić information content (AvgIpc) is 2.64. The highest BCUT2D eigenvalue weighted by atomic mass is 79.9. The first-order chi connectivity index (χ1) is 6.75. The topological polar surface area (TPSA) is 51.8 Å². The molecule has 0 amide bonds. The lowest BCUT2D eigenvalue weighted by Crippen LogP contribution is -2.06. The van der Waals surface area contributed by atoms with Gasteiger partial charge in [-0.3, -0.25) is 0 Å². The van der Waals surface area contributed by atoms with Crippen LogP contribution in [0.3, 0.4) is 0 Å². The van der Waals surface area contributed by atoms with Crippen molar-refractivity contribution < 1.29 is 0 Å². The second-order valence-corrected chi connectivity index (χ2v) is 5.51. The van der Waals surface area contributed by atoms with E-state index in [1.165, 1.54) is 17.9 Å². The van der Waals surface area contributed by atoms with Crippen molar-refractivity contribution in [2.45, 2.75) is 12.8 Å². The van der Waals surface area contributed by atoms with Gasteiger partial charge in [-0.2, -0.15) is 16.9 Å². The Labute approximate surface area is 96.0 Å². The Hall–Kier alpha value is -0.290. The molecule has 1 fully saturated rings. The Morgan fingerprint density at radius 2 is 2.43 bits per heavy atom. The van der Waals surface area contributed by atoms with E-state index in [4.69, 9.17) is 5.73 Å². The van der Waals surface area contributed by atoms with E-state index in [9.17, 15) is 0 Å². The third-order valence-electron chi connectivity index (χ3n) is 2.35. The molecule has 0 saturated carbocycles. The molecule has 2 N–H and O–H groups in total. The van der Waals surface area contributed by atoms with Crippen LogP contribution in [0.15, 0.2) is 10.5 Å². The highest BCUT2D eigenvalue weighted by Gasteiger charge is 2.17. The third-order valence-corrected chi connectivity index (χ3v) is 4.21. The fourth-order valence-electron chi connectivity index (χ4n) is 1.55. The zero-order chi connectivity index (χ0) is 9.97. The van der Waals surface area contributed by atoms with Crippen LogP contribution in [0.5, 0.6) is 0 Å². The molecule has 14 heavy (non-hydrogen) atoms. The third kappa shape index (κ3) is 2.39. The summed E-state index contributed by atoms with van der Waals surface area (Å²) < 4.78 is 0.855. The summed E-state index contributed by atoms with van der Waals surface area (Å²) in [5.41, 5.74) is 6.61. The molecule has 2 heterocycles. The number of nitrogens with two attached hydrogens (primary N) is 1. The predicted octanol–water partition coefficient (Wildman–Crippen LogP) is 2.12. The molecule has 2 rings (SSSR count). The molecule has 1 unspecified atom stereocenters. The van der Waals surface area contributed by atoms with E-state index in [1.54, 1.807) is 0 Å². The van der Waals surface area contributed by atoms with Crippen molar-refractivity contribution in [3.8, 4) is 0 Å². The molecule has 1 saturated heterocycles. The molecule has 1 aromatic rings. The minimum Gasteiger partial charge on any atom is -0.381 e. The number of halogens is 1. The van der Waals surface area contributed by atoms with Gasteiger partial charge in [0.2, 0.25) is 0 Å². The van der Waals surface area contributed by atoms with Crippen molar-refractivity contribution in [2.24, 2.45) is 5.92 Å². The van der Waals surface area contributed by atoms with Gasteiger partial charge in [0, 0.05) is 0 Å². The first-order valence-corrected chi connectivity index (χ1v) is 6.56. The summed E-state index contributed by atoms with van der Waals surface area (Å²) in [7, 11) is 0. The van der Waals surface area contributed by atoms with Gasteiger partial charge < -0.3 is 5.73 Å². The Morgan fingerprint density at radius 1 is 1.57 bits per heavy atom. The molecule has 0 aromatic carbocycles. The molecular weight excluding hydrogens is 262 g/mol.